The summed E-state index contributed by atoms with van der Waals surface area (Å²) in [5.74, 6) is -0.307. The molecule has 2 aromatic carbocycles. The molecule has 2 aromatic rings. The highest BCUT2D eigenvalue weighted by atomic mass is 35.5. The van der Waals surface area contributed by atoms with Crippen molar-refractivity contribution in [1.29, 1.82) is 0 Å². The summed E-state index contributed by atoms with van der Waals surface area (Å²) in [7, 11) is 1.76. The highest BCUT2D eigenvalue weighted by Gasteiger charge is 2.18. The van der Waals surface area contributed by atoms with Gasteiger partial charge in [-0.2, -0.15) is 0 Å². The Kier molecular flexibility index (Phi) is 4.23. The molecular formula is C14H12Cl2FN. The van der Waals surface area contributed by atoms with E-state index in [0.29, 0.717) is 15.6 Å². The lowest BCUT2D eigenvalue weighted by Crippen LogP contribution is -2.19. The smallest absolute Gasteiger partial charge is 0.128 e. The average Bonchev–Trinajstić information content (AvgIpc) is 2.36. The number of halogens is 3. The Morgan fingerprint density at radius 3 is 2.44 bits per heavy atom. The van der Waals surface area contributed by atoms with Gasteiger partial charge < -0.3 is 5.32 Å². The van der Waals surface area contributed by atoms with Crippen molar-refractivity contribution in [2.24, 2.45) is 0 Å². The van der Waals surface area contributed by atoms with Gasteiger partial charge in [-0.15, -0.1) is 0 Å². The Morgan fingerprint density at radius 1 is 1.06 bits per heavy atom. The maximum atomic E-state index is 13.9. The third kappa shape index (κ3) is 2.66. The van der Waals surface area contributed by atoms with E-state index in [2.05, 4.69) is 5.32 Å². The van der Waals surface area contributed by atoms with Gasteiger partial charge in [-0.05, 0) is 36.9 Å². The molecular weight excluding hydrogens is 272 g/mol. The molecule has 1 unspecified atom stereocenters. The fraction of sp³-hybridized carbons (Fsp3) is 0.143. The van der Waals surface area contributed by atoms with Crippen LogP contribution < -0.4 is 5.32 Å². The van der Waals surface area contributed by atoms with Crippen LogP contribution in [0.5, 0.6) is 0 Å². The van der Waals surface area contributed by atoms with Crippen LogP contribution in [0.25, 0.3) is 0 Å². The van der Waals surface area contributed by atoms with Gasteiger partial charge >= 0.3 is 0 Å². The molecule has 2 rings (SSSR count). The number of hydrogen-bond acceptors (Lipinski definition) is 1. The molecule has 0 aromatic heterocycles. The first kappa shape index (κ1) is 13.3. The van der Waals surface area contributed by atoms with E-state index in [-0.39, 0.29) is 11.9 Å². The minimum atomic E-state index is -0.322. The highest BCUT2D eigenvalue weighted by Crippen LogP contribution is 2.30. The molecule has 1 N–H and O–H groups in total. The molecule has 4 heteroatoms. The van der Waals surface area contributed by atoms with Gasteiger partial charge in [0.25, 0.3) is 0 Å². The third-order valence-electron chi connectivity index (χ3n) is 2.77. The zero-order chi connectivity index (χ0) is 13.1. The molecule has 0 amide bonds. The first-order chi connectivity index (χ1) is 8.63. The van der Waals surface area contributed by atoms with Gasteiger partial charge in [0.05, 0.1) is 6.04 Å². The van der Waals surface area contributed by atoms with Crippen LogP contribution in [-0.2, 0) is 0 Å². The van der Waals surface area contributed by atoms with Crippen LogP contribution in [0.1, 0.15) is 17.2 Å². The molecule has 0 saturated heterocycles. The Hall–Kier alpha value is -1.09. The van der Waals surface area contributed by atoms with E-state index < -0.39 is 0 Å². The quantitative estimate of drug-likeness (QED) is 0.878. The first-order valence-corrected chi connectivity index (χ1v) is 6.25. The van der Waals surface area contributed by atoms with E-state index in [0.717, 1.165) is 5.56 Å². The van der Waals surface area contributed by atoms with Gasteiger partial charge in [-0.25, -0.2) is 4.39 Å². The van der Waals surface area contributed by atoms with Crippen molar-refractivity contribution in [3.8, 4) is 0 Å². The highest BCUT2D eigenvalue weighted by molar-refractivity contribution is 6.31. The summed E-state index contributed by atoms with van der Waals surface area (Å²) in [6.07, 6.45) is 0. The number of nitrogens with one attached hydrogen (secondary N) is 1. The predicted molar refractivity (Wildman–Crippen MR) is 73.8 cm³/mol. The van der Waals surface area contributed by atoms with E-state index in [9.17, 15) is 4.39 Å². The largest absolute Gasteiger partial charge is 0.309 e. The number of rotatable bonds is 3. The Morgan fingerprint density at radius 2 is 1.78 bits per heavy atom. The number of benzene rings is 2. The summed E-state index contributed by atoms with van der Waals surface area (Å²) in [6.45, 7) is 0. The molecule has 94 valence electrons. The topological polar surface area (TPSA) is 12.0 Å². The van der Waals surface area contributed by atoms with E-state index in [1.54, 1.807) is 19.2 Å². The number of hydrogen-bond donors (Lipinski definition) is 1. The molecule has 0 aliphatic rings. The summed E-state index contributed by atoms with van der Waals surface area (Å²) in [5, 5.41) is 4.15. The Balaban J connectivity index is 2.52. The van der Waals surface area contributed by atoms with Crippen molar-refractivity contribution in [2.45, 2.75) is 6.04 Å². The lowest BCUT2D eigenvalue weighted by Gasteiger charge is -2.19. The van der Waals surface area contributed by atoms with Crippen molar-refractivity contribution in [3.63, 3.8) is 0 Å². The van der Waals surface area contributed by atoms with E-state index in [4.69, 9.17) is 23.2 Å². The van der Waals surface area contributed by atoms with Gasteiger partial charge in [-0.3, -0.25) is 0 Å². The Labute approximate surface area is 116 Å². The Bertz CT molecular complexity index is 557. The monoisotopic (exact) mass is 283 g/mol. The zero-order valence-electron chi connectivity index (χ0n) is 9.75. The minimum Gasteiger partial charge on any atom is -0.309 e. The fourth-order valence-electron chi connectivity index (χ4n) is 1.92. The lowest BCUT2D eigenvalue weighted by atomic mass is 9.98. The third-order valence-corrected chi connectivity index (χ3v) is 3.35. The van der Waals surface area contributed by atoms with Crippen LogP contribution in [0.15, 0.2) is 42.5 Å². The van der Waals surface area contributed by atoms with Gasteiger partial charge in [0.15, 0.2) is 0 Å². The summed E-state index contributed by atoms with van der Waals surface area (Å²) in [5.41, 5.74) is 1.31. The molecule has 0 fully saturated rings. The molecule has 0 saturated carbocycles. The van der Waals surface area contributed by atoms with E-state index in [1.807, 2.05) is 18.2 Å². The second kappa shape index (κ2) is 5.70. The van der Waals surface area contributed by atoms with Crippen LogP contribution in [0, 0.1) is 5.82 Å². The molecule has 0 spiro atoms. The van der Waals surface area contributed by atoms with Crippen molar-refractivity contribution in [2.75, 3.05) is 7.05 Å². The van der Waals surface area contributed by atoms with E-state index in [1.165, 1.54) is 12.1 Å². The van der Waals surface area contributed by atoms with Crippen molar-refractivity contribution in [3.05, 3.63) is 69.5 Å². The average molecular weight is 284 g/mol. The van der Waals surface area contributed by atoms with Crippen molar-refractivity contribution < 1.29 is 4.39 Å². The van der Waals surface area contributed by atoms with Crippen LogP contribution in [0.4, 0.5) is 4.39 Å². The zero-order valence-corrected chi connectivity index (χ0v) is 11.3. The fourth-order valence-corrected chi connectivity index (χ4v) is 2.35. The van der Waals surface area contributed by atoms with Gasteiger partial charge in [0.1, 0.15) is 5.82 Å². The van der Waals surface area contributed by atoms with Crippen molar-refractivity contribution in [1.82, 2.24) is 5.32 Å². The summed E-state index contributed by atoms with van der Waals surface area (Å²) >= 11 is 12.1. The normalized spacial score (nSPS) is 12.4. The van der Waals surface area contributed by atoms with Crippen LogP contribution in [0.3, 0.4) is 0 Å². The molecule has 18 heavy (non-hydrogen) atoms. The summed E-state index contributed by atoms with van der Waals surface area (Å²) in [6, 6.07) is 11.5. The van der Waals surface area contributed by atoms with Gasteiger partial charge in [0.2, 0.25) is 0 Å². The summed E-state index contributed by atoms with van der Waals surface area (Å²) < 4.78 is 13.9. The van der Waals surface area contributed by atoms with E-state index >= 15 is 0 Å². The standard InChI is InChI=1S/C14H12Cl2FN/c1-18-14(10-4-2-3-5-12(10)16)11-8-9(15)6-7-13(11)17/h2-8,14,18H,1H3. The second-order valence-corrected chi connectivity index (χ2v) is 4.75. The maximum Gasteiger partial charge on any atom is 0.128 e. The van der Waals surface area contributed by atoms with Crippen LogP contribution in [-0.4, -0.2) is 7.05 Å². The van der Waals surface area contributed by atoms with Crippen molar-refractivity contribution >= 4 is 23.2 Å². The second-order valence-electron chi connectivity index (χ2n) is 3.91. The molecule has 0 aliphatic carbocycles. The lowest BCUT2D eigenvalue weighted by molar-refractivity contribution is 0.576. The predicted octanol–water partition coefficient (Wildman–Crippen LogP) is 4.44. The van der Waals surface area contributed by atoms with Crippen LogP contribution in [0.2, 0.25) is 10.0 Å². The van der Waals surface area contributed by atoms with Gasteiger partial charge in [-0.1, -0.05) is 41.4 Å². The first-order valence-electron chi connectivity index (χ1n) is 5.50. The summed E-state index contributed by atoms with van der Waals surface area (Å²) in [4.78, 5) is 0. The molecule has 0 heterocycles. The van der Waals surface area contributed by atoms with Crippen LogP contribution >= 0.6 is 23.2 Å². The molecule has 1 nitrogen and oxygen atoms in total. The maximum absolute atomic E-state index is 13.9. The minimum absolute atomic E-state index is 0.307. The molecule has 0 radical (unpaired) electrons. The molecule has 1 atom stereocenters. The SMILES string of the molecule is CNC(c1cc(Cl)ccc1F)c1ccccc1Cl. The van der Waals surface area contributed by atoms with Gasteiger partial charge in [0, 0.05) is 15.6 Å². The molecule has 0 aliphatic heterocycles. The molecule has 0 bridgehead atoms.